The minimum atomic E-state index is 0.0851. The van der Waals surface area contributed by atoms with Gasteiger partial charge in [0.2, 0.25) is 0 Å². The third kappa shape index (κ3) is 2.31. The Morgan fingerprint density at radius 3 is 2.88 bits per heavy atom. The van der Waals surface area contributed by atoms with Gasteiger partial charge in [-0.3, -0.25) is 19.2 Å². The number of nitrogens with zero attached hydrogens (tertiary/aromatic N) is 4. The van der Waals surface area contributed by atoms with Crippen molar-refractivity contribution < 1.29 is 0 Å². The van der Waals surface area contributed by atoms with Gasteiger partial charge < -0.3 is 0 Å². The van der Waals surface area contributed by atoms with Gasteiger partial charge in [-0.2, -0.15) is 0 Å². The standard InChI is InChI=1S/C21H22N4O/c1-21(2)9-8-15-12-24-19(13-25(15)21)23-18-11-14(6-7-16(18)20(24)26)17-5-3-4-10-22-17/h3-7,10-11,15H,8-9,12-13H2,1-2H3. The smallest absolute Gasteiger partial charge is 0.261 e. The van der Waals surface area contributed by atoms with Crippen LogP contribution in [0.3, 0.4) is 0 Å². The van der Waals surface area contributed by atoms with Crippen molar-refractivity contribution in [2.24, 2.45) is 0 Å². The van der Waals surface area contributed by atoms with Gasteiger partial charge in [-0.1, -0.05) is 12.1 Å². The van der Waals surface area contributed by atoms with Gasteiger partial charge in [0.05, 0.1) is 23.1 Å². The Hall–Kier alpha value is -2.53. The first-order valence-electron chi connectivity index (χ1n) is 9.24. The molecule has 5 rings (SSSR count). The van der Waals surface area contributed by atoms with E-state index in [1.807, 2.05) is 41.0 Å². The minimum absolute atomic E-state index is 0.0851. The van der Waals surface area contributed by atoms with E-state index < -0.39 is 0 Å². The van der Waals surface area contributed by atoms with Crippen LogP contribution < -0.4 is 5.56 Å². The van der Waals surface area contributed by atoms with Crippen LogP contribution in [0, 0.1) is 0 Å². The molecule has 0 radical (unpaired) electrons. The molecule has 3 aromatic rings. The summed E-state index contributed by atoms with van der Waals surface area (Å²) in [5.74, 6) is 0.881. The molecule has 1 unspecified atom stereocenters. The molecule has 0 amide bonds. The molecule has 0 spiro atoms. The lowest BCUT2D eigenvalue weighted by atomic mass is 10.0. The highest BCUT2D eigenvalue weighted by molar-refractivity contribution is 5.83. The highest BCUT2D eigenvalue weighted by atomic mass is 16.1. The fourth-order valence-electron chi connectivity index (χ4n) is 4.48. The Bertz CT molecular complexity index is 1050. The van der Waals surface area contributed by atoms with Crippen molar-refractivity contribution in [2.45, 2.75) is 51.4 Å². The van der Waals surface area contributed by atoms with E-state index in [1.54, 1.807) is 6.20 Å². The summed E-state index contributed by atoms with van der Waals surface area (Å²) in [7, 11) is 0. The third-order valence-electron chi connectivity index (χ3n) is 6.01. The fraction of sp³-hybridized carbons (Fsp3) is 0.381. The second kappa shape index (κ2) is 5.48. The van der Waals surface area contributed by atoms with Crippen molar-refractivity contribution >= 4 is 10.9 Å². The van der Waals surface area contributed by atoms with Crippen LogP contribution in [0.5, 0.6) is 0 Å². The normalized spacial score (nSPS) is 21.5. The van der Waals surface area contributed by atoms with Gasteiger partial charge in [0, 0.05) is 29.9 Å². The second-order valence-corrected chi connectivity index (χ2v) is 8.02. The van der Waals surface area contributed by atoms with E-state index in [0.717, 1.165) is 42.1 Å². The zero-order valence-electron chi connectivity index (χ0n) is 15.1. The van der Waals surface area contributed by atoms with Crippen molar-refractivity contribution in [3.8, 4) is 11.3 Å². The molecular weight excluding hydrogens is 324 g/mol. The lowest BCUT2D eigenvalue weighted by molar-refractivity contribution is 0.0841. The Balaban J connectivity index is 1.65. The minimum Gasteiger partial charge on any atom is -0.293 e. The van der Waals surface area contributed by atoms with Crippen LogP contribution >= 0.6 is 0 Å². The van der Waals surface area contributed by atoms with Crippen LogP contribution in [0.25, 0.3) is 22.2 Å². The lowest BCUT2D eigenvalue weighted by Crippen LogP contribution is -2.50. The summed E-state index contributed by atoms with van der Waals surface area (Å²) in [6.45, 7) is 6.08. The molecule has 1 saturated heterocycles. The Labute approximate surface area is 152 Å². The van der Waals surface area contributed by atoms with Crippen molar-refractivity contribution in [2.75, 3.05) is 0 Å². The summed E-state index contributed by atoms with van der Waals surface area (Å²) in [5, 5.41) is 0.694. The van der Waals surface area contributed by atoms with Crippen molar-refractivity contribution in [1.82, 2.24) is 19.4 Å². The molecule has 0 saturated carbocycles. The van der Waals surface area contributed by atoms with E-state index in [0.29, 0.717) is 11.4 Å². The van der Waals surface area contributed by atoms with E-state index in [9.17, 15) is 4.79 Å². The summed E-state index contributed by atoms with van der Waals surface area (Å²) < 4.78 is 1.89. The molecule has 1 atom stereocenters. The number of aromatic nitrogens is 3. The maximum Gasteiger partial charge on any atom is 0.261 e. The number of hydrogen-bond acceptors (Lipinski definition) is 4. The number of fused-ring (bicyclic) bond motifs is 3. The summed E-state index contributed by atoms with van der Waals surface area (Å²) >= 11 is 0. The summed E-state index contributed by atoms with van der Waals surface area (Å²) in [5.41, 5.74) is 2.92. The third-order valence-corrected chi connectivity index (χ3v) is 6.01. The maximum atomic E-state index is 13.1. The topological polar surface area (TPSA) is 51.0 Å². The number of benzene rings is 1. The van der Waals surface area contributed by atoms with Gasteiger partial charge in [-0.25, -0.2) is 4.98 Å². The molecule has 26 heavy (non-hydrogen) atoms. The highest BCUT2D eigenvalue weighted by Gasteiger charge is 2.42. The number of rotatable bonds is 1. The van der Waals surface area contributed by atoms with Gasteiger partial charge in [-0.05, 0) is 51.0 Å². The van der Waals surface area contributed by atoms with Crippen molar-refractivity contribution in [3.63, 3.8) is 0 Å². The van der Waals surface area contributed by atoms with Crippen LogP contribution in [0.15, 0.2) is 47.4 Å². The van der Waals surface area contributed by atoms with Crippen LogP contribution in [0.1, 0.15) is 32.5 Å². The predicted octanol–water partition coefficient (Wildman–Crippen LogP) is 3.22. The molecule has 5 heteroatoms. The SMILES string of the molecule is CC1(C)CCC2Cn3c(nc4cc(-c5ccccn5)ccc4c3=O)CN21. The zero-order chi connectivity index (χ0) is 17.9. The average molecular weight is 346 g/mol. The van der Waals surface area contributed by atoms with E-state index in [4.69, 9.17) is 4.98 Å². The molecule has 5 nitrogen and oxygen atoms in total. The Kier molecular flexibility index (Phi) is 3.31. The van der Waals surface area contributed by atoms with Crippen molar-refractivity contribution in [1.29, 1.82) is 0 Å². The first-order chi connectivity index (χ1) is 12.5. The number of hydrogen-bond donors (Lipinski definition) is 0. The summed E-state index contributed by atoms with van der Waals surface area (Å²) in [6, 6.07) is 12.1. The molecule has 132 valence electrons. The molecule has 1 fully saturated rings. The van der Waals surface area contributed by atoms with Gasteiger partial charge in [0.25, 0.3) is 5.56 Å². The molecule has 0 aliphatic carbocycles. The molecule has 0 bridgehead atoms. The molecule has 0 N–H and O–H groups in total. The van der Waals surface area contributed by atoms with Gasteiger partial charge in [0.15, 0.2) is 0 Å². The largest absolute Gasteiger partial charge is 0.293 e. The fourth-order valence-corrected chi connectivity index (χ4v) is 4.48. The molecule has 2 aromatic heterocycles. The van der Waals surface area contributed by atoms with E-state index >= 15 is 0 Å². The monoisotopic (exact) mass is 346 g/mol. The van der Waals surface area contributed by atoms with Crippen LogP contribution in [0.2, 0.25) is 0 Å². The quantitative estimate of drug-likeness (QED) is 0.679. The van der Waals surface area contributed by atoms with Gasteiger partial charge in [-0.15, -0.1) is 0 Å². The van der Waals surface area contributed by atoms with Crippen LogP contribution in [-0.2, 0) is 13.1 Å². The van der Waals surface area contributed by atoms with E-state index in [2.05, 4.69) is 23.7 Å². The second-order valence-electron chi connectivity index (χ2n) is 8.02. The van der Waals surface area contributed by atoms with E-state index in [-0.39, 0.29) is 11.1 Å². The lowest BCUT2D eigenvalue weighted by Gasteiger charge is -2.39. The van der Waals surface area contributed by atoms with E-state index in [1.165, 1.54) is 6.42 Å². The summed E-state index contributed by atoms with van der Waals surface area (Å²) in [6.07, 6.45) is 4.10. The molecular formula is C21H22N4O. The molecule has 4 heterocycles. The highest BCUT2D eigenvalue weighted by Crippen LogP contribution is 2.37. The molecule has 1 aromatic carbocycles. The molecule has 2 aliphatic heterocycles. The Morgan fingerprint density at radius 2 is 2.08 bits per heavy atom. The number of pyridine rings is 1. The first kappa shape index (κ1) is 15.7. The maximum absolute atomic E-state index is 13.1. The summed E-state index contributed by atoms with van der Waals surface area (Å²) in [4.78, 5) is 24.9. The van der Waals surface area contributed by atoms with Crippen molar-refractivity contribution in [3.05, 3.63) is 58.8 Å². The predicted molar refractivity (Wildman–Crippen MR) is 102 cm³/mol. The zero-order valence-corrected chi connectivity index (χ0v) is 15.1. The molecule has 2 aliphatic rings. The van der Waals surface area contributed by atoms with Crippen LogP contribution in [0.4, 0.5) is 0 Å². The Morgan fingerprint density at radius 1 is 1.19 bits per heavy atom. The van der Waals surface area contributed by atoms with Gasteiger partial charge in [0.1, 0.15) is 5.82 Å². The average Bonchev–Trinajstić information content (AvgIpc) is 2.95. The first-order valence-corrected chi connectivity index (χ1v) is 9.24. The van der Waals surface area contributed by atoms with Crippen LogP contribution in [-0.4, -0.2) is 31.0 Å². The van der Waals surface area contributed by atoms with Gasteiger partial charge >= 0.3 is 0 Å².